The van der Waals surface area contributed by atoms with E-state index in [4.69, 9.17) is 0 Å². The molecule has 6 nitrogen and oxygen atoms in total. The second-order valence-corrected chi connectivity index (χ2v) is 8.76. The van der Waals surface area contributed by atoms with Gasteiger partial charge < -0.3 is 9.88 Å². The molecule has 1 fully saturated rings. The van der Waals surface area contributed by atoms with Gasteiger partial charge in [-0.2, -0.15) is 0 Å². The lowest BCUT2D eigenvalue weighted by Gasteiger charge is -2.13. The van der Waals surface area contributed by atoms with Gasteiger partial charge in [0, 0.05) is 22.8 Å². The fourth-order valence-corrected chi connectivity index (χ4v) is 4.60. The van der Waals surface area contributed by atoms with E-state index < -0.39 is 29.4 Å². The molecule has 1 aliphatic heterocycles. The highest BCUT2D eigenvalue weighted by atomic mass is 32.2. The summed E-state index contributed by atoms with van der Waals surface area (Å²) >= 11 is 0.809. The Bertz CT molecular complexity index is 1290. The maximum absolute atomic E-state index is 13.0. The molecule has 0 atom stereocenters. The molecule has 33 heavy (non-hydrogen) atoms. The van der Waals surface area contributed by atoms with Crippen molar-refractivity contribution in [1.82, 2.24) is 9.47 Å². The van der Waals surface area contributed by atoms with Gasteiger partial charge in [0.1, 0.15) is 12.4 Å². The Kier molecular flexibility index (Phi) is 6.20. The number of imide groups is 1. The Morgan fingerprint density at radius 1 is 1.06 bits per heavy atom. The number of thioether (sulfide) groups is 1. The van der Waals surface area contributed by atoms with Crippen molar-refractivity contribution in [1.29, 1.82) is 0 Å². The van der Waals surface area contributed by atoms with E-state index in [0.717, 1.165) is 44.9 Å². The summed E-state index contributed by atoms with van der Waals surface area (Å²) in [5, 5.41) is 2.05. The Morgan fingerprint density at radius 3 is 2.45 bits per heavy atom. The maximum atomic E-state index is 13.0. The number of aromatic nitrogens is 1. The van der Waals surface area contributed by atoms with Crippen molar-refractivity contribution in [3.8, 4) is 5.69 Å². The number of aryl methyl sites for hydroxylation is 2. The lowest BCUT2D eigenvalue weighted by molar-refractivity contribution is -0.127. The van der Waals surface area contributed by atoms with Crippen LogP contribution in [0.3, 0.4) is 0 Å². The molecule has 0 aliphatic carbocycles. The second kappa shape index (κ2) is 9.07. The molecule has 2 aromatic carbocycles. The van der Waals surface area contributed by atoms with Gasteiger partial charge in [-0.1, -0.05) is 18.2 Å². The van der Waals surface area contributed by atoms with Crippen molar-refractivity contribution in [2.24, 2.45) is 0 Å². The number of hydrogen-bond acceptors (Lipinski definition) is 4. The summed E-state index contributed by atoms with van der Waals surface area (Å²) in [7, 11) is 0. The van der Waals surface area contributed by atoms with Crippen LogP contribution in [-0.2, 0) is 9.59 Å². The lowest BCUT2D eigenvalue weighted by atomic mass is 10.2. The van der Waals surface area contributed by atoms with E-state index in [1.54, 1.807) is 6.08 Å². The van der Waals surface area contributed by atoms with E-state index in [0.29, 0.717) is 5.69 Å². The molecule has 1 saturated heterocycles. The zero-order chi connectivity index (χ0) is 23.7. The monoisotopic (exact) mass is 463 g/mol. The minimum atomic E-state index is -0.539. The summed E-state index contributed by atoms with van der Waals surface area (Å²) in [5.74, 6) is -1.48. The molecule has 0 radical (unpaired) electrons. The highest BCUT2D eigenvalue weighted by molar-refractivity contribution is 8.18. The third-order valence-corrected chi connectivity index (χ3v) is 6.32. The molecule has 168 valence electrons. The van der Waals surface area contributed by atoms with Crippen molar-refractivity contribution in [2.45, 2.75) is 20.8 Å². The number of amides is 3. The molecular formula is C25H22FN3O3S. The Hall–Kier alpha value is -3.65. The fourth-order valence-electron chi connectivity index (χ4n) is 3.77. The van der Waals surface area contributed by atoms with Crippen molar-refractivity contribution in [3.63, 3.8) is 0 Å². The predicted octanol–water partition coefficient (Wildman–Crippen LogP) is 5.22. The van der Waals surface area contributed by atoms with Gasteiger partial charge in [0.25, 0.3) is 11.1 Å². The smallest absolute Gasteiger partial charge is 0.294 e. The second-order valence-electron chi connectivity index (χ2n) is 7.77. The quantitative estimate of drug-likeness (QED) is 0.527. The van der Waals surface area contributed by atoms with Crippen LogP contribution in [0.2, 0.25) is 0 Å². The van der Waals surface area contributed by atoms with E-state index in [2.05, 4.69) is 9.88 Å². The van der Waals surface area contributed by atoms with Crippen LogP contribution in [0.1, 0.15) is 22.5 Å². The minimum Gasteiger partial charge on any atom is -0.325 e. The van der Waals surface area contributed by atoms with Gasteiger partial charge in [-0.3, -0.25) is 19.3 Å². The largest absolute Gasteiger partial charge is 0.325 e. The van der Waals surface area contributed by atoms with Crippen molar-refractivity contribution < 1.29 is 18.8 Å². The van der Waals surface area contributed by atoms with Gasteiger partial charge in [-0.25, -0.2) is 4.39 Å². The summed E-state index contributed by atoms with van der Waals surface area (Å²) in [6.07, 6.45) is 1.69. The average Bonchev–Trinajstić information content (AvgIpc) is 3.19. The van der Waals surface area contributed by atoms with Crippen LogP contribution in [0.5, 0.6) is 0 Å². The number of anilines is 1. The number of nitrogens with zero attached hydrogens (tertiary/aromatic N) is 2. The molecule has 3 amide bonds. The van der Waals surface area contributed by atoms with Gasteiger partial charge in [-0.15, -0.1) is 0 Å². The first-order valence-electron chi connectivity index (χ1n) is 10.3. The molecular weight excluding hydrogens is 441 g/mol. The van der Waals surface area contributed by atoms with E-state index in [9.17, 15) is 18.8 Å². The highest BCUT2D eigenvalue weighted by Crippen LogP contribution is 2.34. The number of rotatable bonds is 5. The Balaban J connectivity index is 1.53. The molecule has 4 rings (SSSR count). The zero-order valence-corrected chi connectivity index (χ0v) is 19.2. The zero-order valence-electron chi connectivity index (χ0n) is 18.4. The average molecular weight is 464 g/mol. The number of nitrogens with one attached hydrogen (secondary N) is 1. The molecule has 3 aromatic rings. The van der Waals surface area contributed by atoms with Gasteiger partial charge in [0.2, 0.25) is 5.91 Å². The number of halogens is 1. The molecule has 8 heteroatoms. The van der Waals surface area contributed by atoms with Gasteiger partial charge in [0.05, 0.1) is 4.91 Å². The summed E-state index contributed by atoms with van der Waals surface area (Å²) in [6, 6.07) is 15.2. The Morgan fingerprint density at radius 2 is 1.76 bits per heavy atom. The van der Waals surface area contributed by atoms with Gasteiger partial charge >= 0.3 is 0 Å². The van der Waals surface area contributed by atoms with Crippen LogP contribution >= 0.6 is 11.8 Å². The maximum Gasteiger partial charge on any atom is 0.294 e. The van der Waals surface area contributed by atoms with Crippen LogP contribution in [0.15, 0.2) is 59.5 Å². The number of hydrogen-bond donors (Lipinski definition) is 1. The van der Waals surface area contributed by atoms with E-state index in [-0.39, 0.29) is 4.91 Å². The molecule has 1 N–H and O–H groups in total. The van der Waals surface area contributed by atoms with Gasteiger partial charge in [0.15, 0.2) is 0 Å². The minimum absolute atomic E-state index is 0.264. The first-order chi connectivity index (χ1) is 15.7. The topological polar surface area (TPSA) is 71.4 Å². The molecule has 1 aliphatic rings. The molecule has 0 unspecified atom stereocenters. The summed E-state index contributed by atoms with van der Waals surface area (Å²) in [5.41, 5.74) is 5.34. The molecule has 0 spiro atoms. The van der Waals surface area contributed by atoms with Crippen LogP contribution in [0, 0.1) is 26.6 Å². The molecule has 1 aromatic heterocycles. The molecule has 0 bridgehead atoms. The third kappa shape index (κ3) is 4.61. The van der Waals surface area contributed by atoms with Crippen LogP contribution in [0.25, 0.3) is 11.8 Å². The highest BCUT2D eigenvalue weighted by Gasteiger charge is 2.36. The van der Waals surface area contributed by atoms with E-state index in [1.165, 1.54) is 24.3 Å². The fraction of sp³-hybridized carbons (Fsp3) is 0.160. The van der Waals surface area contributed by atoms with Crippen LogP contribution in [-0.4, -0.2) is 33.1 Å². The first kappa shape index (κ1) is 22.5. The normalized spacial score (nSPS) is 14.9. The van der Waals surface area contributed by atoms with E-state index in [1.807, 2.05) is 51.1 Å². The van der Waals surface area contributed by atoms with Gasteiger partial charge in [-0.05, 0) is 86.1 Å². The number of carbonyl (C=O) groups excluding carboxylic acids is 3. The summed E-state index contributed by atoms with van der Waals surface area (Å²) in [6.45, 7) is 5.58. The SMILES string of the molecule is Cc1ccccc1-n1c(C)cc(/C=C2\SC(=O)N(CC(=O)Nc3ccc(F)cc3)C2=O)c1C. The number of para-hydroxylation sites is 1. The third-order valence-electron chi connectivity index (χ3n) is 5.42. The van der Waals surface area contributed by atoms with Crippen LogP contribution in [0.4, 0.5) is 14.9 Å². The Labute approximate surface area is 195 Å². The lowest BCUT2D eigenvalue weighted by Crippen LogP contribution is -2.36. The number of carbonyl (C=O) groups is 3. The predicted molar refractivity (Wildman–Crippen MR) is 128 cm³/mol. The summed E-state index contributed by atoms with van der Waals surface area (Å²) < 4.78 is 15.1. The van der Waals surface area contributed by atoms with E-state index >= 15 is 0 Å². The number of benzene rings is 2. The van der Waals surface area contributed by atoms with Crippen molar-refractivity contribution in [2.75, 3.05) is 11.9 Å². The van der Waals surface area contributed by atoms with Crippen molar-refractivity contribution in [3.05, 3.63) is 87.8 Å². The first-order valence-corrected chi connectivity index (χ1v) is 11.1. The summed E-state index contributed by atoms with van der Waals surface area (Å²) in [4.78, 5) is 38.8. The van der Waals surface area contributed by atoms with Crippen molar-refractivity contribution >= 4 is 40.6 Å². The molecule has 2 heterocycles. The standard InChI is InChI=1S/C25H22FN3O3S/c1-15-6-4-5-7-21(15)29-16(2)12-18(17(29)3)13-22-24(31)28(25(32)33-22)14-23(30)27-20-10-8-19(26)9-11-20/h4-13H,14H2,1-3H3,(H,27,30)/b22-13-. The van der Waals surface area contributed by atoms with Crippen LogP contribution < -0.4 is 5.32 Å². The molecule has 0 saturated carbocycles.